The van der Waals surface area contributed by atoms with Crippen LogP contribution in [0.25, 0.3) is 16.9 Å². The van der Waals surface area contributed by atoms with Crippen molar-refractivity contribution in [2.45, 2.75) is 58.7 Å². The number of para-hydroxylation sites is 1. The number of ether oxygens (including phenoxy) is 1. The van der Waals surface area contributed by atoms with Gasteiger partial charge in [0, 0.05) is 30.1 Å². The molecule has 1 aliphatic rings. The predicted octanol–water partition coefficient (Wildman–Crippen LogP) is 4.08. The second-order valence-electron chi connectivity index (χ2n) is 12.2. The van der Waals surface area contributed by atoms with Crippen LogP contribution in [0.3, 0.4) is 0 Å². The maximum absolute atomic E-state index is 13.9. The molecule has 222 valence electrons. The summed E-state index contributed by atoms with van der Waals surface area (Å²) in [5, 5.41) is 16.0. The van der Waals surface area contributed by atoms with Crippen LogP contribution in [-0.4, -0.2) is 43.1 Å². The number of carbonyl (C=O) groups excluding carboxylic acids is 1. The number of nitrogen functional groups attached to an aromatic ring is 1. The van der Waals surface area contributed by atoms with Gasteiger partial charge in [-0.05, 0) is 69.2 Å². The van der Waals surface area contributed by atoms with Crippen LogP contribution >= 0.6 is 0 Å². The average Bonchev–Trinajstić information content (AvgIpc) is 3.74. The number of anilines is 1. The maximum atomic E-state index is 13.9. The van der Waals surface area contributed by atoms with Gasteiger partial charge in [0.25, 0.3) is 5.91 Å². The van der Waals surface area contributed by atoms with Gasteiger partial charge in [0.2, 0.25) is 0 Å². The van der Waals surface area contributed by atoms with E-state index in [0.29, 0.717) is 34.4 Å². The minimum absolute atomic E-state index is 0.0444. The molecule has 1 amide bonds. The highest BCUT2D eigenvalue weighted by Gasteiger charge is 2.30. The van der Waals surface area contributed by atoms with Crippen LogP contribution < -0.4 is 26.8 Å². The number of nitrogens with one attached hydrogen (secondary N) is 2. The molecular weight excluding hydrogens is 544 g/mol. The van der Waals surface area contributed by atoms with Crippen molar-refractivity contribution in [3.8, 4) is 23.3 Å². The predicted molar refractivity (Wildman–Crippen MR) is 165 cm³/mol. The highest BCUT2D eigenvalue weighted by Crippen LogP contribution is 2.27. The fourth-order valence-corrected chi connectivity index (χ4v) is 4.98. The van der Waals surface area contributed by atoms with Crippen LogP contribution in [0.4, 0.5) is 5.82 Å². The second-order valence-corrected chi connectivity index (χ2v) is 12.2. The molecule has 2 aromatic heterocycles. The fraction of sp³-hybridized carbons (Fsp3) is 0.344. The van der Waals surface area contributed by atoms with E-state index in [4.69, 9.17) is 10.5 Å². The Bertz CT molecular complexity index is 1760. The van der Waals surface area contributed by atoms with Crippen molar-refractivity contribution in [1.82, 2.24) is 29.7 Å². The number of hydrogen-bond donors (Lipinski definition) is 3. The summed E-state index contributed by atoms with van der Waals surface area (Å²) in [4.78, 5) is 35.3. The van der Waals surface area contributed by atoms with E-state index in [9.17, 15) is 14.9 Å². The molecule has 0 spiro atoms. The zero-order valence-electron chi connectivity index (χ0n) is 24.8. The van der Waals surface area contributed by atoms with Crippen LogP contribution in [-0.2, 0) is 11.3 Å². The Morgan fingerprint density at radius 3 is 2.42 bits per heavy atom. The Balaban J connectivity index is 1.37. The summed E-state index contributed by atoms with van der Waals surface area (Å²) >= 11 is 0. The van der Waals surface area contributed by atoms with Crippen LogP contribution in [0.2, 0.25) is 0 Å². The molecule has 4 N–H and O–H groups in total. The molecular formula is C32H36N8O3. The van der Waals surface area contributed by atoms with Gasteiger partial charge in [-0.3, -0.25) is 13.9 Å². The maximum Gasteiger partial charge on any atom is 0.335 e. The van der Waals surface area contributed by atoms with E-state index in [2.05, 4.69) is 20.6 Å². The lowest BCUT2D eigenvalue weighted by Crippen LogP contribution is -2.41. The first-order valence-corrected chi connectivity index (χ1v) is 14.2. The number of fused-ring (bicyclic) bond motifs is 1. The summed E-state index contributed by atoms with van der Waals surface area (Å²) in [5.74, 6) is 1.03. The molecule has 1 saturated carbocycles. The second kappa shape index (κ2) is 11.7. The minimum atomic E-state index is -0.589. The monoisotopic (exact) mass is 580 g/mol. The van der Waals surface area contributed by atoms with Crippen molar-refractivity contribution in [1.29, 1.82) is 5.26 Å². The molecule has 0 atom stereocenters. The number of nitrogens with zero attached hydrogens (tertiary/aromatic N) is 5. The molecule has 43 heavy (non-hydrogen) atoms. The number of amides is 1. The van der Waals surface area contributed by atoms with Gasteiger partial charge < -0.3 is 21.1 Å². The molecule has 4 aromatic rings. The van der Waals surface area contributed by atoms with Crippen LogP contribution in [0.1, 0.15) is 40.5 Å². The first kappa shape index (κ1) is 29.5. The molecule has 0 bridgehead atoms. The van der Waals surface area contributed by atoms with E-state index >= 15 is 0 Å². The van der Waals surface area contributed by atoms with Gasteiger partial charge in [0.1, 0.15) is 35.0 Å². The number of benzene rings is 2. The normalized spacial score (nSPS) is 14.0. The first-order valence-electron chi connectivity index (χ1n) is 14.2. The molecule has 5 rings (SSSR count). The van der Waals surface area contributed by atoms with E-state index in [1.165, 1.54) is 15.5 Å². The number of rotatable bonds is 11. The van der Waals surface area contributed by atoms with Crippen LogP contribution in [0.15, 0.2) is 77.4 Å². The standard InChI is InChI=1S/C32H36N8O3/c1-31(2,18-35-29(41)21(17-33)16-32(3,4)38-22-10-11-22)19-39-28-26(27(34)36-20-37-28)40(30(39)42)23-12-14-25(15-13-23)43-24-8-6-5-7-9-24/h5-9,12-16,20,22,38H,10-11,18-19H2,1-4H3,(H,35,41)(H2,34,36,37)/b21-16+. The van der Waals surface area contributed by atoms with Gasteiger partial charge in [0.05, 0.1) is 5.69 Å². The summed E-state index contributed by atoms with van der Waals surface area (Å²) in [6.45, 7) is 8.18. The van der Waals surface area contributed by atoms with E-state index in [1.54, 1.807) is 30.3 Å². The lowest BCUT2D eigenvalue weighted by molar-refractivity contribution is -0.117. The van der Waals surface area contributed by atoms with E-state index in [0.717, 1.165) is 12.8 Å². The smallest absolute Gasteiger partial charge is 0.335 e. The summed E-state index contributed by atoms with van der Waals surface area (Å²) in [5.41, 5.74) is 6.23. The molecule has 0 unspecified atom stereocenters. The number of hydrogen-bond acceptors (Lipinski definition) is 8. The Morgan fingerprint density at radius 1 is 1.09 bits per heavy atom. The summed E-state index contributed by atoms with van der Waals surface area (Å²) < 4.78 is 8.92. The highest BCUT2D eigenvalue weighted by molar-refractivity contribution is 5.97. The molecule has 0 saturated heterocycles. The lowest BCUT2D eigenvalue weighted by Gasteiger charge is -2.26. The van der Waals surface area contributed by atoms with Gasteiger partial charge in [-0.2, -0.15) is 5.26 Å². The third-order valence-corrected chi connectivity index (χ3v) is 7.14. The van der Waals surface area contributed by atoms with Crippen molar-refractivity contribution in [2.24, 2.45) is 5.41 Å². The van der Waals surface area contributed by atoms with Gasteiger partial charge in [-0.1, -0.05) is 32.0 Å². The Hall–Kier alpha value is -4.95. The molecule has 11 nitrogen and oxygen atoms in total. The fourth-order valence-electron chi connectivity index (χ4n) is 4.98. The molecule has 1 fully saturated rings. The topological polar surface area (TPSA) is 153 Å². The van der Waals surface area contributed by atoms with E-state index < -0.39 is 16.9 Å². The van der Waals surface area contributed by atoms with Crippen molar-refractivity contribution in [3.05, 3.63) is 83.1 Å². The van der Waals surface area contributed by atoms with Crippen molar-refractivity contribution >= 4 is 22.9 Å². The highest BCUT2D eigenvalue weighted by atomic mass is 16.5. The molecule has 0 radical (unpaired) electrons. The van der Waals surface area contributed by atoms with Gasteiger partial charge >= 0.3 is 5.69 Å². The third-order valence-electron chi connectivity index (χ3n) is 7.14. The molecule has 0 aliphatic heterocycles. The Labute approximate surface area is 250 Å². The molecule has 11 heteroatoms. The lowest BCUT2D eigenvalue weighted by atomic mass is 9.93. The third kappa shape index (κ3) is 6.93. The minimum Gasteiger partial charge on any atom is -0.457 e. The first-order chi connectivity index (χ1) is 20.5. The zero-order chi connectivity index (χ0) is 30.8. The van der Waals surface area contributed by atoms with Gasteiger partial charge in [-0.15, -0.1) is 0 Å². The van der Waals surface area contributed by atoms with Gasteiger partial charge in [-0.25, -0.2) is 14.8 Å². The SMILES string of the molecule is CC(C)(CNC(=O)/C(C#N)=C/C(C)(C)NC1CC1)Cn1c(=O)n(-c2ccc(Oc3ccccc3)cc2)c2c(N)ncnc21. The number of imidazole rings is 1. The van der Waals surface area contributed by atoms with Gasteiger partial charge in [0.15, 0.2) is 11.5 Å². The van der Waals surface area contributed by atoms with Crippen LogP contribution in [0, 0.1) is 16.7 Å². The summed E-state index contributed by atoms with van der Waals surface area (Å²) in [7, 11) is 0. The quantitative estimate of drug-likeness (QED) is 0.177. The van der Waals surface area contributed by atoms with Crippen molar-refractivity contribution in [3.63, 3.8) is 0 Å². The number of nitriles is 1. The number of carbonyl (C=O) groups is 1. The van der Waals surface area contributed by atoms with Crippen molar-refractivity contribution in [2.75, 3.05) is 12.3 Å². The largest absolute Gasteiger partial charge is 0.457 e. The van der Waals surface area contributed by atoms with Crippen LogP contribution in [0.5, 0.6) is 11.5 Å². The van der Waals surface area contributed by atoms with E-state index in [1.807, 2.05) is 64.1 Å². The Kier molecular flexibility index (Phi) is 8.06. The van der Waals surface area contributed by atoms with E-state index in [-0.39, 0.29) is 30.2 Å². The molecule has 2 heterocycles. The molecule has 2 aromatic carbocycles. The van der Waals surface area contributed by atoms with Crippen molar-refractivity contribution < 1.29 is 9.53 Å². The molecule has 1 aliphatic carbocycles. The Morgan fingerprint density at radius 2 is 1.77 bits per heavy atom. The number of aromatic nitrogens is 4. The average molecular weight is 581 g/mol. The summed E-state index contributed by atoms with van der Waals surface area (Å²) in [6, 6.07) is 19.0. The number of nitrogens with two attached hydrogens (primary N) is 1. The summed E-state index contributed by atoms with van der Waals surface area (Å²) in [6.07, 6.45) is 5.19. The zero-order valence-corrected chi connectivity index (χ0v) is 24.8.